The molecule has 0 aliphatic carbocycles. The first-order valence-electron chi connectivity index (χ1n) is 7.49. The highest BCUT2D eigenvalue weighted by Gasteiger charge is 2.52. The SMILES string of the molecule is C1=NC=C(c2cccnc2)CC1(C1OCCO1)C1OCCO1. The maximum Gasteiger partial charge on any atom is 0.173 e. The smallest absolute Gasteiger partial charge is 0.173 e. The monoisotopic (exact) mass is 302 g/mol. The molecule has 0 spiro atoms. The fourth-order valence-corrected chi connectivity index (χ4v) is 3.15. The number of aromatic nitrogens is 1. The summed E-state index contributed by atoms with van der Waals surface area (Å²) in [4.78, 5) is 8.63. The minimum atomic E-state index is -0.563. The van der Waals surface area contributed by atoms with Crippen LogP contribution >= 0.6 is 0 Å². The number of allylic oxidation sites excluding steroid dienone is 1. The largest absolute Gasteiger partial charge is 0.349 e. The van der Waals surface area contributed by atoms with E-state index in [9.17, 15) is 0 Å². The molecule has 0 aromatic carbocycles. The summed E-state index contributed by atoms with van der Waals surface area (Å²) in [5.74, 6) is 0. The van der Waals surface area contributed by atoms with Gasteiger partial charge in [-0.05, 0) is 23.6 Å². The van der Waals surface area contributed by atoms with Gasteiger partial charge in [-0.2, -0.15) is 0 Å². The van der Waals surface area contributed by atoms with Crippen LogP contribution in [0.5, 0.6) is 0 Å². The van der Waals surface area contributed by atoms with Gasteiger partial charge in [0.1, 0.15) is 5.41 Å². The average Bonchev–Trinajstić information content (AvgIpc) is 3.29. The molecule has 0 N–H and O–H groups in total. The van der Waals surface area contributed by atoms with Crippen molar-refractivity contribution >= 4 is 11.8 Å². The molecule has 0 bridgehead atoms. The second-order valence-electron chi connectivity index (χ2n) is 5.61. The lowest BCUT2D eigenvalue weighted by atomic mass is 9.78. The van der Waals surface area contributed by atoms with Gasteiger partial charge in [-0.3, -0.25) is 9.98 Å². The first-order chi connectivity index (χ1) is 10.9. The third-order valence-electron chi connectivity index (χ3n) is 4.20. The minimum Gasteiger partial charge on any atom is -0.349 e. The van der Waals surface area contributed by atoms with Crippen molar-refractivity contribution in [1.29, 1.82) is 0 Å². The van der Waals surface area contributed by atoms with E-state index in [1.165, 1.54) is 0 Å². The Balaban J connectivity index is 1.67. The predicted octanol–water partition coefficient (Wildman–Crippen LogP) is 1.63. The maximum atomic E-state index is 5.78. The first-order valence-corrected chi connectivity index (χ1v) is 7.49. The highest BCUT2D eigenvalue weighted by Crippen LogP contribution is 2.44. The Labute approximate surface area is 128 Å². The average molecular weight is 302 g/mol. The number of aliphatic imine (C=N–C) groups is 1. The molecule has 0 saturated carbocycles. The minimum absolute atomic E-state index is 0.403. The highest BCUT2D eigenvalue weighted by molar-refractivity contribution is 5.79. The van der Waals surface area contributed by atoms with Crippen LogP contribution in [0, 0.1) is 5.41 Å². The molecule has 1 aromatic rings. The lowest BCUT2D eigenvalue weighted by Gasteiger charge is -2.39. The summed E-state index contributed by atoms with van der Waals surface area (Å²) in [6.07, 6.45) is 7.19. The van der Waals surface area contributed by atoms with E-state index in [1.807, 2.05) is 30.7 Å². The quantitative estimate of drug-likeness (QED) is 0.849. The molecule has 4 rings (SSSR count). The van der Waals surface area contributed by atoms with Crippen molar-refractivity contribution in [3.8, 4) is 0 Å². The van der Waals surface area contributed by atoms with Crippen molar-refractivity contribution in [2.45, 2.75) is 19.0 Å². The van der Waals surface area contributed by atoms with E-state index in [-0.39, 0.29) is 0 Å². The van der Waals surface area contributed by atoms with Crippen LogP contribution in [-0.4, -0.2) is 50.2 Å². The molecule has 22 heavy (non-hydrogen) atoms. The second kappa shape index (κ2) is 5.89. The van der Waals surface area contributed by atoms with E-state index in [0.29, 0.717) is 32.8 Å². The Morgan fingerprint density at radius 3 is 2.27 bits per heavy atom. The lowest BCUT2D eigenvalue weighted by Crippen LogP contribution is -2.49. The number of hydrogen-bond acceptors (Lipinski definition) is 6. The Bertz CT molecular complexity index is 559. The molecule has 116 valence electrons. The third kappa shape index (κ3) is 2.38. The highest BCUT2D eigenvalue weighted by atomic mass is 16.7. The number of rotatable bonds is 3. The van der Waals surface area contributed by atoms with Gasteiger partial charge in [-0.15, -0.1) is 0 Å². The molecule has 6 heteroatoms. The van der Waals surface area contributed by atoms with Crippen molar-refractivity contribution in [2.24, 2.45) is 10.4 Å². The van der Waals surface area contributed by atoms with Gasteiger partial charge < -0.3 is 18.9 Å². The van der Waals surface area contributed by atoms with E-state index < -0.39 is 18.0 Å². The van der Waals surface area contributed by atoms with Crippen LogP contribution in [0.15, 0.2) is 35.7 Å². The molecule has 3 aliphatic rings. The van der Waals surface area contributed by atoms with Crippen molar-refractivity contribution < 1.29 is 18.9 Å². The standard InChI is InChI=1S/C16H18N2O4/c1-2-12(9-17-3-1)13-8-16(11-18-10-13,14-19-4-5-20-14)15-21-6-7-22-15/h1-3,9-11,14-15H,4-8H2. The van der Waals surface area contributed by atoms with Crippen LogP contribution in [-0.2, 0) is 18.9 Å². The summed E-state index contributed by atoms with van der Waals surface area (Å²) in [6, 6.07) is 3.94. The van der Waals surface area contributed by atoms with E-state index in [2.05, 4.69) is 9.98 Å². The molecule has 3 aliphatic heterocycles. The zero-order valence-corrected chi connectivity index (χ0v) is 12.2. The van der Waals surface area contributed by atoms with Crippen LogP contribution < -0.4 is 0 Å². The molecule has 0 radical (unpaired) electrons. The van der Waals surface area contributed by atoms with Gasteiger partial charge >= 0.3 is 0 Å². The Morgan fingerprint density at radius 2 is 1.68 bits per heavy atom. The molecule has 0 unspecified atom stereocenters. The molecule has 2 fully saturated rings. The summed E-state index contributed by atoms with van der Waals surface area (Å²) < 4.78 is 23.1. The van der Waals surface area contributed by atoms with Gasteiger partial charge in [0.2, 0.25) is 0 Å². The molecule has 0 amide bonds. The summed E-state index contributed by atoms with van der Waals surface area (Å²) >= 11 is 0. The van der Waals surface area contributed by atoms with E-state index >= 15 is 0 Å². The summed E-state index contributed by atoms with van der Waals surface area (Å²) in [5, 5.41) is 0. The third-order valence-corrected chi connectivity index (χ3v) is 4.20. The Hall–Kier alpha value is -1.60. The Morgan fingerprint density at radius 1 is 1.00 bits per heavy atom. The number of ether oxygens (including phenoxy) is 4. The number of nitrogens with zero attached hydrogens (tertiary/aromatic N) is 2. The fraction of sp³-hybridized carbons (Fsp3) is 0.500. The van der Waals surface area contributed by atoms with Gasteiger partial charge in [0, 0.05) is 24.8 Å². The van der Waals surface area contributed by atoms with Crippen LogP contribution in [0.3, 0.4) is 0 Å². The van der Waals surface area contributed by atoms with Gasteiger partial charge in [0.25, 0.3) is 0 Å². The van der Waals surface area contributed by atoms with Gasteiger partial charge in [0.15, 0.2) is 12.6 Å². The topological polar surface area (TPSA) is 62.2 Å². The maximum absolute atomic E-state index is 5.78. The molecule has 1 aromatic heterocycles. The van der Waals surface area contributed by atoms with Crippen LogP contribution in [0.25, 0.3) is 5.57 Å². The molecular weight excluding hydrogens is 284 g/mol. The van der Waals surface area contributed by atoms with Crippen molar-refractivity contribution in [3.05, 3.63) is 36.3 Å². The molecule has 4 heterocycles. The van der Waals surface area contributed by atoms with Crippen molar-refractivity contribution in [1.82, 2.24) is 4.98 Å². The van der Waals surface area contributed by atoms with Crippen LogP contribution in [0.4, 0.5) is 0 Å². The lowest BCUT2D eigenvalue weighted by molar-refractivity contribution is -0.197. The van der Waals surface area contributed by atoms with Gasteiger partial charge in [-0.1, -0.05) is 6.07 Å². The van der Waals surface area contributed by atoms with E-state index in [1.54, 1.807) is 6.20 Å². The zero-order chi connectivity index (χ0) is 14.8. The van der Waals surface area contributed by atoms with Crippen LogP contribution in [0.1, 0.15) is 12.0 Å². The van der Waals surface area contributed by atoms with E-state index in [4.69, 9.17) is 18.9 Å². The first kappa shape index (κ1) is 14.0. The van der Waals surface area contributed by atoms with Gasteiger partial charge in [0.05, 0.1) is 26.4 Å². The van der Waals surface area contributed by atoms with E-state index in [0.717, 1.165) is 11.1 Å². The predicted molar refractivity (Wildman–Crippen MR) is 79.1 cm³/mol. The fourth-order valence-electron chi connectivity index (χ4n) is 3.15. The molecular formula is C16H18N2O4. The zero-order valence-electron chi connectivity index (χ0n) is 12.2. The van der Waals surface area contributed by atoms with Gasteiger partial charge in [-0.25, -0.2) is 0 Å². The second-order valence-corrected chi connectivity index (χ2v) is 5.61. The van der Waals surface area contributed by atoms with Crippen molar-refractivity contribution in [2.75, 3.05) is 26.4 Å². The van der Waals surface area contributed by atoms with Crippen LogP contribution in [0.2, 0.25) is 0 Å². The molecule has 0 atom stereocenters. The summed E-state index contributed by atoms with van der Waals surface area (Å²) in [7, 11) is 0. The molecule has 6 nitrogen and oxygen atoms in total. The van der Waals surface area contributed by atoms with Crippen molar-refractivity contribution in [3.63, 3.8) is 0 Å². The normalized spacial score (nSPS) is 25.5. The number of pyridine rings is 1. The number of hydrogen-bond donors (Lipinski definition) is 0. The molecule has 2 saturated heterocycles. The Kier molecular flexibility index (Phi) is 3.75. The summed E-state index contributed by atoms with van der Waals surface area (Å²) in [6.45, 7) is 2.33. The summed E-state index contributed by atoms with van der Waals surface area (Å²) in [5.41, 5.74) is 1.56.